The predicted molar refractivity (Wildman–Crippen MR) is 104 cm³/mol. The summed E-state index contributed by atoms with van der Waals surface area (Å²) in [7, 11) is 0. The molecule has 26 heavy (non-hydrogen) atoms. The average molecular weight is 441 g/mol. The third-order valence-electron chi connectivity index (χ3n) is 3.38. The van der Waals surface area contributed by atoms with Gasteiger partial charge in [0.25, 0.3) is 11.6 Å². The van der Waals surface area contributed by atoms with E-state index in [1.165, 1.54) is 24.3 Å². The van der Waals surface area contributed by atoms with E-state index >= 15 is 0 Å². The van der Waals surface area contributed by atoms with Crippen molar-refractivity contribution in [1.29, 1.82) is 0 Å². The van der Waals surface area contributed by atoms with Crippen molar-refractivity contribution in [3.63, 3.8) is 0 Å². The molecule has 0 atom stereocenters. The molecule has 0 unspecified atom stereocenters. The SMILES string of the molecule is CCCC(=O)Nc1cc(NC(=O)c2cc([N+](=O)[O-])ccc2Br)ccc1Cl. The molecule has 2 aromatic rings. The van der Waals surface area contributed by atoms with E-state index < -0.39 is 10.8 Å². The van der Waals surface area contributed by atoms with Crippen molar-refractivity contribution in [2.24, 2.45) is 0 Å². The van der Waals surface area contributed by atoms with Crippen molar-refractivity contribution >= 4 is 56.4 Å². The van der Waals surface area contributed by atoms with Crippen molar-refractivity contribution < 1.29 is 14.5 Å². The van der Waals surface area contributed by atoms with Gasteiger partial charge in [0.2, 0.25) is 5.91 Å². The Hall–Kier alpha value is -2.45. The summed E-state index contributed by atoms with van der Waals surface area (Å²) < 4.78 is 0.422. The summed E-state index contributed by atoms with van der Waals surface area (Å²) in [5.41, 5.74) is 0.693. The molecular formula is C17H15BrClN3O4. The smallest absolute Gasteiger partial charge is 0.270 e. The van der Waals surface area contributed by atoms with E-state index in [-0.39, 0.29) is 17.2 Å². The Morgan fingerprint density at radius 1 is 1.19 bits per heavy atom. The van der Waals surface area contributed by atoms with Crippen LogP contribution in [0.25, 0.3) is 0 Å². The van der Waals surface area contributed by atoms with Crippen molar-refractivity contribution in [3.8, 4) is 0 Å². The first-order chi connectivity index (χ1) is 12.3. The Morgan fingerprint density at radius 3 is 2.58 bits per heavy atom. The molecule has 0 heterocycles. The fraction of sp³-hybridized carbons (Fsp3) is 0.176. The highest BCUT2D eigenvalue weighted by Gasteiger charge is 2.16. The van der Waals surface area contributed by atoms with Crippen LogP contribution in [0, 0.1) is 10.1 Å². The van der Waals surface area contributed by atoms with E-state index in [0.29, 0.717) is 33.7 Å². The molecule has 2 amide bonds. The first-order valence-electron chi connectivity index (χ1n) is 7.66. The Labute approximate surface area is 163 Å². The number of hydrogen-bond donors (Lipinski definition) is 2. The number of nitro benzene ring substituents is 1. The monoisotopic (exact) mass is 439 g/mol. The van der Waals surface area contributed by atoms with Gasteiger partial charge in [-0.15, -0.1) is 0 Å². The number of nitro groups is 1. The summed E-state index contributed by atoms with van der Waals surface area (Å²) in [5, 5.41) is 16.5. The molecule has 0 saturated heterocycles. The van der Waals surface area contributed by atoms with Crippen LogP contribution in [0.15, 0.2) is 40.9 Å². The van der Waals surface area contributed by atoms with Crippen LogP contribution in [-0.2, 0) is 4.79 Å². The Kier molecular flexibility index (Phi) is 6.70. The lowest BCUT2D eigenvalue weighted by molar-refractivity contribution is -0.384. The summed E-state index contributed by atoms with van der Waals surface area (Å²) in [4.78, 5) is 34.5. The summed E-state index contributed by atoms with van der Waals surface area (Å²) in [6, 6.07) is 8.55. The normalized spacial score (nSPS) is 10.3. The fourth-order valence-corrected chi connectivity index (χ4v) is 2.73. The molecule has 0 aromatic heterocycles. The second kappa shape index (κ2) is 8.77. The molecule has 0 saturated carbocycles. The van der Waals surface area contributed by atoms with Crippen LogP contribution >= 0.6 is 27.5 Å². The minimum Gasteiger partial charge on any atom is -0.325 e. The third kappa shape index (κ3) is 5.03. The molecule has 0 aliphatic rings. The van der Waals surface area contributed by atoms with Gasteiger partial charge in [0.05, 0.1) is 21.2 Å². The molecular weight excluding hydrogens is 426 g/mol. The predicted octanol–water partition coefficient (Wildman–Crippen LogP) is 5.00. The molecule has 0 spiro atoms. The molecule has 2 N–H and O–H groups in total. The van der Waals surface area contributed by atoms with Gasteiger partial charge in [0, 0.05) is 28.7 Å². The van der Waals surface area contributed by atoms with E-state index in [1.54, 1.807) is 12.1 Å². The maximum absolute atomic E-state index is 12.4. The van der Waals surface area contributed by atoms with Crippen LogP contribution in [0.4, 0.5) is 17.1 Å². The lowest BCUT2D eigenvalue weighted by atomic mass is 10.2. The van der Waals surface area contributed by atoms with Crippen LogP contribution < -0.4 is 10.6 Å². The van der Waals surface area contributed by atoms with Crippen molar-refractivity contribution in [2.75, 3.05) is 10.6 Å². The maximum atomic E-state index is 12.4. The van der Waals surface area contributed by atoms with Gasteiger partial charge in [-0.05, 0) is 46.6 Å². The van der Waals surface area contributed by atoms with E-state index in [1.807, 2.05) is 6.92 Å². The molecule has 136 valence electrons. The summed E-state index contributed by atoms with van der Waals surface area (Å²) in [5.74, 6) is -0.715. The minimum absolute atomic E-state index is 0.116. The van der Waals surface area contributed by atoms with Crippen LogP contribution in [0.2, 0.25) is 5.02 Å². The largest absolute Gasteiger partial charge is 0.325 e. The Balaban J connectivity index is 2.23. The highest BCUT2D eigenvalue weighted by molar-refractivity contribution is 9.10. The first-order valence-corrected chi connectivity index (χ1v) is 8.83. The standard InChI is InChI=1S/C17H15BrClN3O4/c1-2-3-16(23)21-15-8-10(4-7-14(15)19)20-17(24)12-9-11(22(25)26)5-6-13(12)18/h4-9H,2-3H2,1H3,(H,20,24)(H,21,23). The third-order valence-corrected chi connectivity index (χ3v) is 4.40. The van der Waals surface area contributed by atoms with Gasteiger partial charge < -0.3 is 10.6 Å². The van der Waals surface area contributed by atoms with E-state index in [0.717, 1.165) is 0 Å². The number of carbonyl (C=O) groups is 2. The van der Waals surface area contributed by atoms with Gasteiger partial charge in [-0.1, -0.05) is 18.5 Å². The van der Waals surface area contributed by atoms with Crippen molar-refractivity contribution in [3.05, 3.63) is 61.6 Å². The van der Waals surface area contributed by atoms with Gasteiger partial charge in [-0.2, -0.15) is 0 Å². The zero-order chi connectivity index (χ0) is 19.3. The number of anilines is 2. The molecule has 0 bridgehead atoms. The Morgan fingerprint density at radius 2 is 1.92 bits per heavy atom. The van der Waals surface area contributed by atoms with E-state index in [2.05, 4.69) is 26.6 Å². The summed E-state index contributed by atoms with van der Waals surface area (Å²) >= 11 is 9.27. The molecule has 2 aromatic carbocycles. The minimum atomic E-state index is -0.577. The number of benzene rings is 2. The van der Waals surface area contributed by atoms with Crippen molar-refractivity contribution in [2.45, 2.75) is 19.8 Å². The molecule has 2 rings (SSSR count). The van der Waals surface area contributed by atoms with E-state index in [9.17, 15) is 19.7 Å². The second-order valence-corrected chi connectivity index (χ2v) is 6.63. The summed E-state index contributed by atoms with van der Waals surface area (Å²) in [6.45, 7) is 1.88. The number of rotatable bonds is 6. The molecule has 0 fully saturated rings. The van der Waals surface area contributed by atoms with Crippen molar-refractivity contribution in [1.82, 2.24) is 0 Å². The van der Waals surface area contributed by atoms with E-state index in [4.69, 9.17) is 11.6 Å². The van der Waals surface area contributed by atoms with Crippen LogP contribution in [0.5, 0.6) is 0 Å². The van der Waals surface area contributed by atoms with Gasteiger partial charge in [-0.25, -0.2) is 0 Å². The number of non-ortho nitro benzene ring substituents is 1. The van der Waals surface area contributed by atoms with Gasteiger partial charge in [0.15, 0.2) is 0 Å². The molecule has 0 radical (unpaired) electrons. The number of amides is 2. The lowest BCUT2D eigenvalue weighted by Gasteiger charge is -2.11. The van der Waals surface area contributed by atoms with Gasteiger partial charge in [0.1, 0.15) is 0 Å². The van der Waals surface area contributed by atoms with Gasteiger partial charge >= 0.3 is 0 Å². The fourth-order valence-electron chi connectivity index (χ4n) is 2.14. The zero-order valence-electron chi connectivity index (χ0n) is 13.7. The number of nitrogens with one attached hydrogen (secondary N) is 2. The van der Waals surface area contributed by atoms with Gasteiger partial charge in [-0.3, -0.25) is 19.7 Å². The molecule has 9 heteroatoms. The number of carbonyl (C=O) groups excluding carboxylic acids is 2. The number of nitrogens with zero attached hydrogens (tertiary/aromatic N) is 1. The quantitative estimate of drug-likeness (QED) is 0.487. The highest BCUT2D eigenvalue weighted by atomic mass is 79.9. The molecule has 7 nitrogen and oxygen atoms in total. The van der Waals surface area contributed by atoms with Crippen LogP contribution in [-0.4, -0.2) is 16.7 Å². The molecule has 0 aliphatic heterocycles. The highest BCUT2D eigenvalue weighted by Crippen LogP contribution is 2.27. The summed E-state index contributed by atoms with van der Waals surface area (Å²) in [6.07, 6.45) is 1.05. The second-order valence-electron chi connectivity index (χ2n) is 5.37. The van der Waals surface area contributed by atoms with Crippen LogP contribution in [0.1, 0.15) is 30.1 Å². The lowest BCUT2D eigenvalue weighted by Crippen LogP contribution is -2.14. The Bertz CT molecular complexity index is 873. The number of hydrogen-bond acceptors (Lipinski definition) is 4. The van der Waals surface area contributed by atoms with Crippen LogP contribution in [0.3, 0.4) is 0 Å². The zero-order valence-corrected chi connectivity index (χ0v) is 16.1. The molecule has 0 aliphatic carbocycles. The maximum Gasteiger partial charge on any atom is 0.270 e. The topological polar surface area (TPSA) is 101 Å². The number of halogens is 2. The first kappa shape index (κ1) is 19.9. The average Bonchev–Trinajstić information content (AvgIpc) is 2.58.